The van der Waals surface area contributed by atoms with Crippen LogP contribution >= 0.6 is 11.9 Å². The molecule has 0 aromatic carbocycles. The number of carboxylic acids is 1. The van der Waals surface area contributed by atoms with E-state index >= 15 is 0 Å². The van der Waals surface area contributed by atoms with Gasteiger partial charge in [-0.25, -0.2) is 4.79 Å². The average molecular weight is 381 g/mol. The van der Waals surface area contributed by atoms with Crippen LogP contribution < -0.4 is 10.7 Å². The normalized spacial score (nSPS) is 25.3. The van der Waals surface area contributed by atoms with Crippen LogP contribution in [0, 0.1) is 5.92 Å². The van der Waals surface area contributed by atoms with Crippen LogP contribution in [0.25, 0.3) is 0 Å². The summed E-state index contributed by atoms with van der Waals surface area (Å²) in [5, 5.41) is 21.9. The minimum atomic E-state index is -1.17. The van der Waals surface area contributed by atoms with Crippen molar-refractivity contribution in [1.82, 2.24) is 15.2 Å². The first-order valence-electron chi connectivity index (χ1n) is 8.82. The van der Waals surface area contributed by atoms with E-state index in [-0.39, 0.29) is 5.92 Å². The van der Waals surface area contributed by atoms with Gasteiger partial charge < -0.3 is 15.5 Å². The smallest absolute Gasteiger partial charge is 0.326 e. The lowest BCUT2D eigenvalue weighted by molar-refractivity contribution is -0.143. The zero-order chi connectivity index (χ0) is 19.0. The summed E-state index contributed by atoms with van der Waals surface area (Å²) < 4.78 is 1.58. The number of nitrogens with one attached hydrogen (secondary N) is 2. The second-order valence-electron chi connectivity index (χ2n) is 6.85. The number of hydrogen-bond acceptors (Lipinski definition) is 7. The molecule has 0 aromatic rings. The van der Waals surface area contributed by atoms with E-state index in [1.807, 2.05) is 6.92 Å². The lowest BCUT2D eigenvalue weighted by Gasteiger charge is -2.31. The van der Waals surface area contributed by atoms with Gasteiger partial charge in [-0.2, -0.15) is 0 Å². The number of aliphatic hydroxyl groups excluding tert-OH is 1. The minimum absolute atomic E-state index is 0.308. The quantitative estimate of drug-likeness (QED) is 0.419. The van der Waals surface area contributed by atoms with Crippen LogP contribution in [0.3, 0.4) is 0 Å². The van der Waals surface area contributed by atoms with Crippen LogP contribution in [0.2, 0.25) is 0 Å². The van der Waals surface area contributed by atoms with E-state index in [9.17, 15) is 24.6 Å². The SMILES string of the molecule is CCC(C)C(NC(=O)C1=C(O)NN2SC3=C(CCCC3)C2C1=O)C(=O)O. The molecule has 1 aliphatic carbocycles. The van der Waals surface area contributed by atoms with Crippen LogP contribution in [0.1, 0.15) is 46.0 Å². The number of ketones is 1. The Morgan fingerprint density at radius 1 is 1.38 bits per heavy atom. The number of allylic oxidation sites excluding steroid dienone is 1. The maximum Gasteiger partial charge on any atom is 0.326 e. The summed E-state index contributed by atoms with van der Waals surface area (Å²) in [6, 6.07) is -1.75. The van der Waals surface area contributed by atoms with Gasteiger partial charge in [0.1, 0.15) is 17.7 Å². The molecule has 26 heavy (non-hydrogen) atoms. The maximum atomic E-state index is 12.9. The summed E-state index contributed by atoms with van der Waals surface area (Å²) in [6.07, 6.45) is 4.28. The van der Waals surface area contributed by atoms with Crippen LogP contribution in [0.5, 0.6) is 0 Å². The third-order valence-corrected chi connectivity index (χ3v) is 6.36. The third kappa shape index (κ3) is 3.21. The Kier molecular flexibility index (Phi) is 5.29. The van der Waals surface area contributed by atoms with Crippen molar-refractivity contribution in [2.24, 2.45) is 5.92 Å². The standard InChI is InChI=1S/C17H23N3O5S/c1-3-8(2)12(17(24)25)18-15(22)11-14(21)13-9-6-4-5-7-10(9)26-20(13)19-16(11)23/h8,12-13,19,23H,3-7H2,1-2H3,(H,18,22)(H,24,25). The second kappa shape index (κ2) is 7.32. The number of amides is 1. The highest BCUT2D eigenvalue weighted by atomic mass is 32.2. The largest absolute Gasteiger partial charge is 0.493 e. The molecule has 0 bridgehead atoms. The zero-order valence-electron chi connectivity index (χ0n) is 14.7. The lowest BCUT2D eigenvalue weighted by atomic mass is 9.88. The van der Waals surface area contributed by atoms with E-state index in [1.165, 1.54) is 11.9 Å². The van der Waals surface area contributed by atoms with Crippen LogP contribution in [0.4, 0.5) is 0 Å². The van der Waals surface area contributed by atoms with Crippen LogP contribution in [0.15, 0.2) is 21.9 Å². The van der Waals surface area contributed by atoms with Crippen molar-refractivity contribution < 1.29 is 24.6 Å². The molecule has 0 aromatic heterocycles. The molecule has 142 valence electrons. The fraction of sp³-hybridized carbons (Fsp3) is 0.588. The molecule has 8 nitrogen and oxygen atoms in total. The predicted octanol–water partition coefficient (Wildman–Crippen LogP) is 1.62. The number of carbonyl (C=O) groups is 3. The average Bonchev–Trinajstić information content (AvgIpc) is 2.96. The van der Waals surface area contributed by atoms with E-state index < -0.39 is 41.2 Å². The fourth-order valence-corrected chi connectivity index (χ4v) is 4.75. The van der Waals surface area contributed by atoms with Gasteiger partial charge in [0.05, 0.1) is 0 Å². The van der Waals surface area contributed by atoms with Gasteiger partial charge in [0, 0.05) is 4.91 Å². The van der Waals surface area contributed by atoms with E-state index in [1.54, 1.807) is 11.3 Å². The van der Waals surface area contributed by atoms with Gasteiger partial charge in [0.25, 0.3) is 5.91 Å². The van der Waals surface area contributed by atoms with Gasteiger partial charge in [-0.05, 0) is 49.1 Å². The van der Waals surface area contributed by atoms with Crippen molar-refractivity contribution in [1.29, 1.82) is 0 Å². The van der Waals surface area contributed by atoms with Gasteiger partial charge >= 0.3 is 5.97 Å². The first-order valence-corrected chi connectivity index (χ1v) is 9.59. The Labute approximate surface area is 155 Å². The first kappa shape index (κ1) is 18.8. The third-order valence-electron chi connectivity index (χ3n) is 5.17. The number of fused-ring (bicyclic) bond motifs is 2. The van der Waals surface area contributed by atoms with Crippen molar-refractivity contribution in [3.63, 3.8) is 0 Å². The number of hydrogen-bond donors (Lipinski definition) is 4. The second-order valence-corrected chi connectivity index (χ2v) is 7.92. The molecule has 3 atom stereocenters. The number of rotatable bonds is 5. The van der Waals surface area contributed by atoms with E-state index in [2.05, 4.69) is 10.7 Å². The summed E-state index contributed by atoms with van der Waals surface area (Å²) in [4.78, 5) is 38.1. The Balaban J connectivity index is 1.84. The van der Waals surface area contributed by atoms with Gasteiger partial charge in [-0.15, -0.1) is 4.41 Å². The predicted molar refractivity (Wildman–Crippen MR) is 95.5 cm³/mol. The molecular formula is C17H23N3O5S. The van der Waals surface area contributed by atoms with Crippen LogP contribution in [-0.2, 0) is 14.4 Å². The summed E-state index contributed by atoms with van der Waals surface area (Å²) in [7, 11) is 0. The molecule has 1 amide bonds. The van der Waals surface area contributed by atoms with Crippen molar-refractivity contribution in [2.75, 3.05) is 0 Å². The van der Waals surface area contributed by atoms with Gasteiger partial charge in [0.2, 0.25) is 5.88 Å². The highest BCUT2D eigenvalue weighted by Gasteiger charge is 2.47. The zero-order valence-corrected chi connectivity index (χ0v) is 15.6. The highest BCUT2D eigenvalue weighted by molar-refractivity contribution is 8.01. The number of aliphatic carboxylic acids is 1. The number of nitrogens with zero attached hydrogens (tertiary/aromatic N) is 1. The molecule has 0 radical (unpaired) electrons. The fourth-order valence-electron chi connectivity index (χ4n) is 3.49. The highest BCUT2D eigenvalue weighted by Crippen LogP contribution is 2.46. The maximum absolute atomic E-state index is 12.9. The molecule has 3 rings (SSSR count). The Morgan fingerprint density at radius 2 is 2.08 bits per heavy atom. The first-order chi connectivity index (χ1) is 12.3. The Bertz CT molecular complexity index is 717. The molecule has 0 spiro atoms. The Morgan fingerprint density at radius 3 is 2.73 bits per heavy atom. The van der Waals surface area contributed by atoms with E-state index in [4.69, 9.17) is 0 Å². The number of hydrazine groups is 1. The number of Topliss-reactive ketones (excluding diaryl/α,β-unsaturated/α-hetero) is 1. The van der Waals surface area contributed by atoms with Gasteiger partial charge in [-0.3, -0.25) is 15.0 Å². The molecule has 9 heteroatoms. The van der Waals surface area contributed by atoms with E-state index in [0.717, 1.165) is 36.2 Å². The number of carboxylic acid groups (broad SMARTS) is 1. The molecule has 2 heterocycles. The molecule has 0 saturated carbocycles. The minimum Gasteiger partial charge on any atom is -0.493 e. The molecule has 4 N–H and O–H groups in total. The monoisotopic (exact) mass is 381 g/mol. The van der Waals surface area contributed by atoms with Crippen LogP contribution in [-0.4, -0.2) is 44.4 Å². The van der Waals surface area contributed by atoms with E-state index in [0.29, 0.717) is 6.42 Å². The molecule has 2 aliphatic heterocycles. The summed E-state index contributed by atoms with van der Waals surface area (Å²) in [6.45, 7) is 3.53. The Hall–Kier alpha value is -2.00. The molecule has 0 fully saturated rings. The molecule has 3 aliphatic rings. The van der Waals surface area contributed by atoms with Crippen molar-refractivity contribution >= 4 is 29.6 Å². The summed E-state index contributed by atoms with van der Waals surface area (Å²) in [5.74, 6) is -3.37. The van der Waals surface area contributed by atoms with Gasteiger partial charge in [-0.1, -0.05) is 20.3 Å². The summed E-state index contributed by atoms with van der Waals surface area (Å²) >= 11 is 1.39. The van der Waals surface area contributed by atoms with Crippen molar-refractivity contribution in [3.8, 4) is 0 Å². The molecular weight excluding hydrogens is 358 g/mol. The van der Waals surface area contributed by atoms with Gasteiger partial charge in [0.15, 0.2) is 5.78 Å². The summed E-state index contributed by atoms with van der Waals surface area (Å²) in [5.41, 5.74) is 3.29. The van der Waals surface area contributed by atoms with Crippen molar-refractivity contribution in [3.05, 3.63) is 21.9 Å². The topological polar surface area (TPSA) is 119 Å². The lowest BCUT2D eigenvalue weighted by Crippen LogP contribution is -2.53. The number of carbonyl (C=O) groups excluding carboxylic acids is 2. The molecule has 3 unspecified atom stereocenters. The van der Waals surface area contributed by atoms with Crippen molar-refractivity contribution in [2.45, 2.75) is 58.0 Å². The number of aliphatic hydroxyl groups is 1. The molecule has 0 saturated heterocycles.